The van der Waals surface area contributed by atoms with Gasteiger partial charge in [0.1, 0.15) is 5.75 Å². The molecule has 0 aliphatic heterocycles. The van der Waals surface area contributed by atoms with Crippen LogP contribution in [0, 0.1) is 11.8 Å². The Morgan fingerprint density at radius 3 is 2.31 bits per heavy atom. The molecule has 1 unspecified atom stereocenters. The molecule has 2 rings (SSSR count). The first-order chi connectivity index (χ1) is 7.48. The van der Waals surface area contributed by atoms with Crippen LogP contribution in [0.4, 0.5) is 0 Å². The average molecular weight is 220 g/mol. The van der Waals surface area contributed by atoms with E-state index < -0.39 is 5.97 Å². The smallest absolute Gasteiger partial charge is 0.307 e. The molecule has 1 aromatic carbocycles. The molecule has 1 aromatic rings. The van der Waals surface area contributed by atoms with E-state index in [4.69, 9.17) is 5.11 Å². The summed E-state index contributed by atoms with van der Waals surface area (Å²) < 4.78 is 0. The van der Waals surface area contributed by atoms with Crippen molar-refractivity contribution in [3.8, 4) is 5.75 Å². The van der Waals surface area contributed by atoms with Crippen molar-refractivity contribution in [2.45, 2.75) is 25.7 Å². The van der Waals surface area contributed by atoms with Gasteiger partial charge in [-0.3, -0.25) is 4.79 Å². The van der Waals surface area contributed by atoms with Gasteiger partial charge in [-0.05, 0) is 30.0 Å². The quantitative estimate of drug-likeness (QED) is 0.822. The summed E-state index contributed by atoms with van der Waals surface area (Å²) >= 11 is 0. The largest absolute Gasteiger partial charge is 0.508 e. The molecule has 86 valence electrons. The van der Waals surface area contributed by atoms with Gasteiger partial charge in [-0.2, -0.15) is 0 Å². The summed E-state index contributed by atoms with van der Waals surface area (Å²) in [6.07, 6.45) is 0.699. The molecule has 2 N–H and O–H groups in total. The Balaban J connectivity index is 2.36. The lowest BCUT2D eigenvalue weighted by Crippen LogP contribution is -2.21. The first kappa shape index (κ1) is 11.0. The van der Waals surface area contributed by atoms with Crippen molar-refractivity contribution in [2.24, 2.45) is 11.8 Å². The number of phenolic OH excluding ortho intramolecular Hbond substituents is 1. The molecular formula is C13H16O3. The van der Waals surface area contributed by atoms with E-state index in [1.165, 1.54) is 0 Å². The van der Waals surface area contributed by atoms with Crippen molar-refractivity contribution in [2.75, 3.05) is 0 Å². The van der Waals surface area contributed by atoms with Crippen LogP contribution in [-0.4, -0.2) is 16.2 Å². The second-order valence-corrected chi connectivity index (χ2v) is 4.84. The third-order valence-corrected chi connectivity index (χ3v) is 3.74. The molecule has 2 atom stereocenters. The Labute approximate surface area is 94.7 Å². The maximum atomic E-state index is 11.1. The lowest BCUT2D eigenvalue weighted by atomic mass is 9.83. The molecule has 0 saturated heterocycles. The molecule has 0 bridgehead atoms. The van der Waals surface area contributed by atoms with Crippen LogP contribution < -0.4 is 0 Å². The van der Waals surface area contributed by atoms with E-state index in [2.05, 4.69) is 13.8 Å². The van der Waals surface area contributed by atoms with Crippen molar-refractivity contribution < 1.29 is 15.0 Å². The third kappa shape index (κ3) is 1.47. The maximum absolute atomic E-state index is 11.1. The number of aliphatic carboxylic acids is 1. The molecule has 1 saturated carbocycles. The van der Waals surface area contributed by atoms with E-state index in [1.54, 1.807) is 12.1 Å². The van der Waals surface area contributed by atoms with Gasteiger partial charge in [0.25, 0.3) is 0 Å². The molecule has 1 fully saturated rings. The normalized spacial score (nSPS) is 28.1. The highest BCUT2D eigenvalue weighted by molar-refractivity contribution is 5.77. The molecule has 16 heavy (non-hydrogen) atoms. The minimum atomic E-state index is -0.721. The number of benzene rings is 1. The van der Waals surface area contributed by atoms with E-state index in [1.807, 2.05) is 12.1 Å². The van der Waals surface area contributed by atoms with Gasteiger partial charge < -0.3 is 10.2 Å². The highest BCUT2D eigenvalue weighted by atomic mass is 16.4. The Bertz CT molecular complexity index is 408. The fourth-order valence-electron chi connectivity index (χ4n) is 2.65. The number of carboxylic acids is 1. The second kappa shape index (κ2) is 3.51. The lowest BCUT2D eigenvalue weighted by molar-refractivity contribution is -0.139. The Morgan fingerprint density at radius 2 is 1.94 bits per heavy atom. The van der Waals surface area contributed by atoms with E-state index >= 15 is 0 Å². The SMILES string of the molecule is CC(C)C1(c2ccc(O)cc2)C[C@H]1C(=O)O. The predicted molar refractivity (Wildman–Crippen MR) is 60.4 cm³/mol. The molecule has 0 aromatic heterocycles. The van der Waals surface area contributed by atoms with Gasteiger partial charge in [-0.25, -0.2) is 0 Å². The molecule has 0 radical (unpaired) electrons. The number of hydrogen-bond donors (Lipinski definition) is 2. The molecule has 0 spiro atoms. The van der Waals surface area contributed by atoms with E-state index in [-0.39, 0.29) is 23.0 Å². The molecule has 0 amide bonds. The van der Waals surface area contributed by atoms with Gasteiger partial charge in [0.15, 0.2) is 0 Å². The minimum absolute atomic E-state index is 0.218. The highest BCUT2D eigenvalue weighted by Gasteiger charge is 2.61. The Hall–Kier alpha value is -1.51. The van der Waals surface area contributed by atoms with E-state index in [0.29, 0.717) is 6.42 Å². The van der Waals surface area contributed by atoms with Gasteiger partial charge in [0.2, 0.25) is 0 Å². The van der Waals surface area contributed by atoms with Crippen LogP contribution in [-0.2, 0) is 10.2 Å². The molecule has 3 heteroatoms. The molecular weight excluding hydrogens is 204 g/mol. The number of aromatic hydroxyl groups is 1. The Morgan fingerprint density at radius 1 is 1.38 bits per heavy atom. The number of phenols is 1. The van der Waals surface area contributed by atoms with Crippen LogP contribution >= 0.6 is 0 Å². The van der Waals surface area contributed by atoms with Gasteiger partial charge in [-0.15, -0.1) is 0 Å². The summed E-state index contributed by atoms with van der Waals surface area (Å²) in [6.45, 7) is 4.10. The van der Waals surface area contributed by atoms with E-state index in [9.17, 15) is 9.90 Å². The van der Waals surface area contributed by atoms with Crippen LogP contribution in [0.3, 0.4) is 0 Å². The summed E-state index contributed by atoms with van der Waals surface area (Å²) in [6, 6.07) is 6.91. The van der Waals surface area contributed by atoms with Crippen molar-refractivity contribution in [1.29, 1.82) is 0 Å². The summed E-state index contributed by atoms with van der Waals surface area (Å²) in [4.78, 5) is 11.1. The molecule has 0 heterocycles. The van der Waals surface area contributed by atoms with E-state index in [0.717, 1.165) is 5.56 Å². The third-order valence-electron chi connectivity index (χ3n) is 3.74. The van der Waals surface area contributed by atoms with Gasteiger partial charge in [-0.1, -0.05) is 26.0 Å². The van der Waals surface area contributed by atoms with Crippen LogP contribution in [0.1, 0.15) is 25.8 Å². The summed E-state index contributed by atoms with van der Waals surface area (Å²) in [5.74, 6) is -0.493. The van der Waals surface area contributed by atoms with Crippen molar-refractivity contribution in [1.82, 2.24) is 0 Å². The minimum Gasteiger partial charge on any atom is -0.508 e. The molecule has 1 aliphatic rings. The topological polar surface area (TPSA) is 57.5 Å². The zero-order chi connectivity index (χ0) is 11.9. The van der Waals surface area contributed by atoms with Crippen LogP contribution in [0.15, 0.2) is 24.3 Å². The monoisotopic (exact) mass is 220 g/mol. The predicted octanol–water partition coefficient (Wildman–Crippen LogP) is 2.39. The zero-order valence-corrected chi connectivity index (χ0v) is 9.47. The summed E-state index contributed by atoms with van der Waals surface area (Å²) in [5.41, 5.74) is 0.784. The fraction of sp³-hybridized carbons (Fsp3) is 0.462. The standard InChI is InChI=1S/C13H16O3/c1-8(2)13(7-11(13)12(15)16)9-3-5-10(14)6-4-9/h3-6,8,11,14H,7H2,1-2H3,(H,15,16)/t11-,13?/m0/s1. The molecule has 3 nitrogen and oxygen atoms in total. The first-order valence-electron chi connectivity index (χ1n) is 5.51. The number of carbonyl (C=O) groups is 1. The summed E-state index contributed by atoms with van der Waals surface area (Å²) in [7, 11) is 0. The highest BCUT2D eigenvalue weighted by Crippen LogP contribution is 2.59. The van der Waals surface area contributed by atoms with Crippen molar-refractivity contribution >= 4 is 5.97 Å². The van der Waals surface area contributed by atoms with Gasteiger partial charge in [0, 0.05) is 5.41 Å². The number of rotatable bonds is 3. The average Bonchev–Trinajstić information content (AvgIpc) is 2.95. The fourth-order valence-corrected chi connectivity index (χ4v) is 2.65. The molecule has 1 aliphatic carbocycles. The van der Waals surface area contributed by atoms with Crippen molar-refractivity contribution in [3.05, 3.63) is 29.8 Å². The van der Waals surface area contributed by atoms with Crippen LogP contribution in [0.2, 0.25) is 0 Å². The van der Waals surface area contributed by atoms with Gasteiger partial charge >= 0.3 is 5.97 Å². The Kier molecular flexibility index (Phi) is 2.41. The number of hydrogen-bond acceptors (Lipinski definition) is 2. The zero-order valence-electron chi connectivity index (χ0n) is 9.47. The van der Waals surface area contributed by atoms with Crippen molar-refractivity contribution in [3.63, 3.8) is 0 Å². The number of carboxylic acid groups (broad SMARTS) is 1. The van der Waals surface area contributed by atoms with Gasteiger partial charge in [0.05, 0.1) is 5.92 Å². The van der Waals surface area contributed by atoms with Crippen LogP contribution in [0.25, 0.3) is 0 Å². The maximum Gasteiger partial charge on any atom is 0.307 e. The summed E-state index contributed by atoms with van der Waals surface area (Å²) in [5, 5.41) is 18.3. The first-order valence-corrected chi connectivity index (χ1v) is 5.51. The van der Waals surface area contributed by atoms with Crippen LogP contribution in [0.5, 0.6) is 5.75 Å². The second-order valence-electron chi connectivity index (χ2n) is 4.84. The lowest BCUT2D eigenvalue weighted by Gasteiger charge is -2.21.